The van der Waals surface area contributed by atoms with Crippen LogP contribution in [0.2, 0.25) is 5.02 Å². The third-order valence-corrected chi connectivity index (χ3v) is 6.41. The summed E-state index contributed by atoms with van der Waals surface area (Å²) in [5, 5.41) is -0.442. The number of H-pyrrole nitrogens is 1. The predicted molar refractivity (Wildman–Crippen MR) is 98.5 cm³/mol. The van der Waals surface area contributed by atoms with E-state index in [1.165, 1.54) is 25.5 Å². The molecule has 0 bridgehead atoms. The Morgan fingerprint density at radius 2 is 1.81 bits per heavy atom. The Balaban J connectivity index is 2.37. The van der Waals surface area contributed by atoms with E-state index in [2.05, 4.69) is 9.97 Å². The van der Waals surface area contributed by atoms with Crippen LogP contribution in [-0.4, -0.2) is 32.8 Å². The van der Waals surface area contributed by atoms with E-state index >= 15 is 0 Å². The van der Waals surface area contributed by atoms with E-state index in [1.54, 1.807) is 24.3 Å². The highest BCUT2D eigenvalue weighted by molar-refractivity contribution is 7.91. The molecule has 2 aromatic heterocycles. The van der Waals surface area contributed by atoms with Crippen molar-refractivity contribution in [2.75, 3.05) is 0 Å². The standard InChI is InChI=1S/C16H17ClN4O4S/c1-9(2)26(24,25)16-18-13-12(14(22)19-15(23)20(13)3)21(16)8-10-4-6-11(17)7-5-10/h4-7,9H,8H2,1-3H3,(H,19,22,23). The summed E-state index contributed by atoms with van der Waals surface area (Å²) < 4.78 is 28.0. The molecule has 1 aromatic carbocycles. The van der Waals surface area contributed by atoms with Gasteiger partial charge in [0, 0.05) is 12.1 Å². The molecule has 0 aliphatic carbocycles. The summed E-state index contributed by atoms with van der Waals surface area (Å²) in [5.74, 6) is 0. The molecule has 0 saturated carbocycles. The van der Waals surface area contributed by atoms with Crippen LogP contribution in [0.15, 0.2) is 39.0 Å². The maximum Gasteiger partial charge on any atom is 0.329 e. The second-order valence-corrected chi connectivity index (χ2v) is 9.03. The van der Waals surface area contributed by atoms with Crippen molar-refractivity contribution >= 4 is 32.6 Å². The fraction of sp³-hybridized carbons (Fsp3) is 0.312. The number of nitrogens with one attached hydrogen (secondary N) is 1. The first kappa shape index (κ1) is 18.4. The first-order valence-corrected chi connectivity index (χ1v) is 9.73. The number of aromatic nitrogens is 4. The van der Waals surface area contributed by atoms with Gasteiger partial charge >= 0.3 is 5.69 Å². The fourth-order valence-corrected chi connectivity index (χ4v) is 3.79. The van der Waals surface area contributed by atoms with Crippen molar-refractivity contribution < 1.29 is 8.42 Å². The lowest BCUT2D eigenvalue weighted by Gasteiger charge is -2.11. The van der Waals surface area contributed by atoms with Gasteiger partial charge in [-0.2, -0.15) is 4.98 Å². The monoisotopic (exact) mass is 396 g/mol. The third-order valence-electron chi connectivity index (χ3n) is 4.10. The van der Waals surface area contributed by atoms with Gasteiger partial charge in [-0.3, -0.25) is 14.3 Å². The molecule has 0 aliphatic heterocycles. The number of hydrogen-bond donors (Lipinski definition) is 1. The van der Waals surface area contributed by atoms with Gasteiger partial charge in [0.1, 0.15) is 0 Å². The van der Waals surface area contributed by atoms with Crippen LogP contribution in [0.5, 0.6) is 0 Å². The number of aromatic amines is 1. The second-order valence-electron chi connectivity index (χ2n) is 6.19. The predicted octanol–water partition coefficient (Wildman–Crippen LogP) is 1.31. The number of imidazole rings is 1. The molecule has 10 heteroatoms. The van der Waals surface area contributed by atoms with Crippen LogP contribution in [0.25, 0.3) is 11.2 Å². The molecule has 2 heterocycles. The van der Waals surface area contributed by atoms with Crippen molar-refractivity contribution in [2.45, 2.75) is 30.8 Å². The highest BCUT2D eigenvalue weighted by Crippen LogP contribution is 2.21. The SMILES string of the molecule is CC(C)S(=O)(=O)c1nc2c(c(=O)[nH]c(=O)n2C)n1Cc1ccc(Cl)cc1. The molecule has 0 amide bonds. The van der Waals surface area contributed by atoms with Gasteiger partial charge < -0.3 is 4.57 Å². The number of sulfone groups is 1. The van der Waals surface area contributed by atoms with Crippen molar-refractivity contribution in [1.82, 2.24) is 19.1 Å². The summed E-state index contributed by atoms with van der Waals surface area (Å²) in [5.41, 5.74) is -0.558. The Hall–Kier alpha value is -2.39. The maximum atomic E-state index is 12.8. The largest absolute Gasteiger partial charge is 0.329 e. The van der Waals surface area contributed by atoms with E-state index in [0.29, 0.717) is 5.02 Å². The normalized spacial score (nSPS) is 12.2. The average Bonchev–Trinajstić information content (AvgIpc) is 2.95. The molecular weight excluding hydrogens is 380 g/mol. The van der Waals surface area contributed by atoms with Crippen LogP contribution in [0.4, 0.5) is 0 Å². The maximum absolute atomic E-state index is 12.8. The summed E-state index contributed by atoms with van der Waals surface area (Å²) in [6.45, 7) is 3.16. The van der Waals surface area contributed by atoms with Gasteiger partial charge in [0.15, 0.2) is 11.2 Å². The first-order chi connectivity index (χ1) is 12.1. The van der Waals surface area contributed by atoms with E-state index in [-0.39, 0.29) is 22.9 Å². The van der Waals surface area contributed by atoms with Gasteiger partial charge in [-0.25, -0.2) is 13.2 Å². The molecule has 3 aromatic rings. The van der Waals surface area contributed by atoms with Crippen molar-refractivity contribution in [3.8, 4) is 0 Å². The van der Waals surface area contributed by atoms with Crippen molar-refractivity contribution in [2.24, 2.45) is 7.05 Å². The van der Waals surface area contributed by atoms with Crippen molar-refractivity contribution in [3.05, 3.63) is 55.7 Å². The van der Waals surface area contributed by atoms with E-state index in [0.717, 1.165) is 10.1 Å². The van der Waals surface area contributed by atoms with Gasteiger partial charge in [-0.05, 0) is 31.5 Å². The zero-order valence-electron chi connectivity index (χ0n) is 14.4. The Labute approximate surface area is 154 Å². The number of hydrogen-bond acceptors (Lipinski definition) is 5. The number of halogens is 1. The number of nitrogens with zero attached hydrogens (tertiary/aromatic N) is 3. The topological polar surface area (TPSA) is 107 Å². The van der Waals surface area contributed by atoms with Crippen molar-refractivity contribution in [1.29, 1.82) is 0 Å². The quantitative estimate of drug-likeness (QED) is 0.715. The van der Waals surface area contributed by atoms with Gasteiger partial charge in [-0.15, -0.1) is 0 Å². The van der Waals surface area contributed by atoms with Crippen LogP contribution in [0.1, 0.15) is 19.4 Å². The summed E-state index contributed by atoms with van der Waals surface area (Å²) in [4.78, 5) is 30.5. The van der Waals surface area contributed by atoms with Crippen LogP contribution in [0.3, 0.4) is 0 Å². The highest BCUT2D eigenvalue weighted by atomic mass is 35.5. The van der Waals surface area contributed by atoms with E-state index < -0.39 is 26.3 Å². The van der Waals surface area contributed by atoms with Gasteiger partial charge in [0.25, 0.3) is 5.56 Å². The van der Waals surface area contributed by atoms with Crippen LogP contribution < -0.4 is 11.2 Å². The number of benzene rings is 1. The summed E-state index contributed by atoms with van der Waals surface area (Å²) in [7, 11) is -2.36. The first-order valence-electron chi connectivity index (χ1n) is 7.81. The van der Waals surface area contributed by atoms with Gasteiger partial charge in [0.05, 0.1) is 11.8 Å². The molecule has 0 spiro atoms. The molecular formula is C16H17ClN4O4S. The minimum atomic E-state index is -3.79. The minimum absolute atomic E-state index is 0.0203. The van der Waals surface area contributed by atoms with Gasteiger partial charge in [0.2, 0.25) is 15.0 Å². The molecule has 0 aliphatic rings. The molecule has 0 radical (unpaired) electrons. The van der Waals surface area contributed by atoms with Crippen LogP contribution in [0, 0.1) is 0 Å². The lowest BCUT2D eigenvalue weighted by Crippen LogP contribution is -2.29. The molecule has 0 atom stereocenters. The molecule has 3 rings (SSSR count). The summed E-state index contributed by atoms with van der Waals surface area (Å²) in [6, 6.07) is 6.81. The molecule has 0 fully saturated rings. The zero-order valence-corrected chi connectivity index (χ0v) is 15.9. The molecule has 0 unspecified atom stereocenters. The van der Waals surface area contributed by atoms with Crippen LogP contribution in [-0.2, 0) is 23.4 Å². The Morgan fingerprint density at radius 1 is 1.19 bits per heavy atom. The average molecular weight is 397 g/mol. The second kappa shape index (κ2) is 6.40. The zero-order chi connectivity index (χ0) is 19.2. The number of rotatable bonds is 4. The smallest absolute Gasteiger partial charge is 0.304 e. The molecule has 1 N–H and O–H groups in total. The summed E-state index contributed by atoms with van der Waals surface area (Å²) in [6.07, 6.45) is 0. The lowest BCUT2D eigenvalue weighted by atomic mass is 10.2. The summed E-state index contributed by atoms with van der Waals surface area (Å²) >= 11 is 5.89. The number of aryl methyl sites for hydroxylation is 1. The van der Waals surface area contributed by atoms with Crippen LogP contribution >= 0.6 is 11.6 Å². The molecule has 8 nitrogen and oxygen atoms in total. The highest BCUT2D eigenvalue weighted by Gasteiger charge is 2.29. The van der Waals surface area contributed by atoms with Gasteiger partial charge in [-0.1, -0.05) is 23.7 Å². The minimum Gasteiger partial charge on any atom is -0.304 e. The Kier molecular flexibility index (Phi) is 4.53. The van der Waals surface area contributed by atoms with E-state index in [9.17, 15) is 18.0 Å². The Bertz CT molecular complexity index is 1200. The lowest BCUT2D eigenvalue weighted by molar-refractivity contribution is 0.566. The third kappa shape index (κ3) is 2.97. The van der Waals surface area contributed by atoms with Crippen molar-refractivity contribution in [3.63, 3.8) is 0 Å². The molecule has 0 saturated heterocycles. The number of fused-ring (bicyclic) bond motifs is 1. The van der Waals surface area contributed by atoms with E-state index in [4.69, 9.17) is 11.6 Å². The fourth-order valence-electron chi connectivity index (χ4n) is 2.56. The molecule has 26 heavy (non-hydrogen) atoms. The Morgan fingerprint density at radius 3 is 2.38 bits per heavy atom. The molecule has 138 valence electrons. The van der Waals surface area contributed by atoms with E-state index in [1.807, 2.05) is 0 Å².